The third-order valence-corrected chi connectivity index (χ3v) is 5.23. The summed E-state index contributed by atoms with van der Waals surface area (Å²) < 4.78 is 5.83. The molecule has 0 spiro atoms. The van der Waals surface area contributed by atoms with Gasteiger partial charge in [0.1, 0.15) is 0 Å². The average molecular weight is 317 g/mol. The lowest BCUT2D eigenvalue weighted by Crippen LogP contribution is -2.38. The van der Waals surface area contributed by atoms with Crippen LogP contribution in [0.2, 0.25) is 0 Å². The molecule has 0 N–H and O–H groups in total. The molecule has 5 heteroatoms. The first-order valence-corrected chi connectivity index (χ1v) is 8.33. The zero-order chi connectivity index (χ0) is 15.7. The Morgan fingerprint density at radius 2 is 2.05 bits per heavy atom. The van der Waals surface area contributed by atoms with E-state index in [4.69, 9.17) is 4.74 Å². The number of rotatable bonds is 2. The minimum Gasteiger partial charge on any atom is -0.469 e. The van der Waals surface area contributed by atoms with Crippen LogP contribution in [0.25, 0.3) is 10.1 Å². The minimum atomic E-state index is -0.140. The van der Waals surface area contributed by atoms with E-state index >= 15 is 0 Å². The van der Waals surface area contributed by atoms with E-state index in [1.165, 1.54) is 7.11 Å². The van der Waals surface area contributed by atoms with Crippen molar-refractivity contribution in [3.8, 4) is 0 Å². The van der Waals surface area contributed by atoms with Gasteiger partial charge in [-0.05, 0) is 31.9 Å². The van der Waals surface area contributed by atoms with Gasteiger partial charge in [-0.25, -0.2) is 0 Å². The van der Waals surface area contributed by atoms with Crippen LogP contribution in [-0.2, 0) is 9.53 Å². The number of aryl methyl sites for hydroxylation is 1. The molecular formula is C17H19NO3S. The molecule has 3 rings (SSSR count). The van der Waals surface area contributed by atoms with E-state index in [1.54, 1.807) is 11.3 Å². The van der Waals surface area contributed by atoms with Crippen LogP contribution < -0.4 is 10.3 Å². The number of benzene rings is 1. The Balaban J connectivity index is 1.87. The molecule has 1 saturated heterocycles. The van der Waals surface area contributed by atoms with Gasteiger partial charge in [-0.15, -0.1) is 11.3 Å². The van der Waals surface area contributed by atoms with Gasteiger partial charge in [-0.3, -0.25) is 9.59 Å². The van der Waals surface area contributed by atoms with Gasteiger partial charge >= 0.3 is 5.97 Å². The molecule has 0 saturated carbocycles. The van der Waals surface area contributed by atoms with Crippen LogP contribution in [0.3, 0.4) is 0 Å². The van der Waals surface area contributed by atoms with E-state index in [-0.39, 0.29) is 17.3 Å². The highest BCUT2D eigenvalue weighted by atomic mass is 32.1. The predicted molar refractivity (Wildman–Crippen MR) is 89.8 cm³/mol. The molecule has 1 aliphatic heterocycles. The smallest absolute Gasteiger partial charge is 0.308 e. The van der Waals surface area contributed by atoms with Crippen molar-refractivity contribution in [3.05, 3.63) is 39.4 Å². The fraction of sp³-hybridized carbons (Fsp3) is 0.412. The zero-order valence-electron chi connectivity index (χ0n) is 12.8. The first kappa shape index (κ1) is 15.0. The molecule has 1 aliphatic rings. The van der Waals surface area contributed by atoms with Crippen molar-refractivity contribution in [2.24, 2.45) is 5.92 Å². The quantitative estimate of drug-likeness (QED) is 0.799. The highest BCUT2D eigenvalue weighted by molar-refractivity contribution is 7.16. The van der Waals surface area contributed by atoms with E-state index in [0.29, 0.717) is 0 Å². The van der Waals surface area contributed by atoms with Crippen molar-refractivity contribution in [1.82, 2.24) is 0 Å². The molecule has 2 heterocycles. The lowest BCUT2D eigenvalue weighted by atomic mass is 9.97. The number of piperidine rings is 1. The highest BCUT2D eigenvalue weighted by Gasteiger charge is 2.26. The van der Waals surface area contributed by atoms with E-state index in [9.17, 15) is 9.59 Å². The number of nitrogens with zero attached hydrogens (tertiary/aromatic N) is 1. The first-order valence-electron chi connectivity index (χ1n) is 7.45. The summed E-state index contributed by atoms with van der Waals surface area (Å²) in [7, 11) is 1.43. The summed E-state index contributed by atoms with van der Waals surface area (Å²) in [5.74, 6) is -0.179. The van der Waals surface area contributed by atoms with Crippen LogP contribution in [0.4, 0.5) is 5.69 Å². The number of carbonyl (C=O) groups is 1. The molecule has 0 unspecified atom stereocenters. The van der Waals surface area contributed by atoms with Crippen LogP contribution in [0.1, 0.15) is 18.4 Å². The van der Waals surface area contributed by atoms with Crippen molar-refractivity contribution < 1.29 is 9.53 Å². The molecule has 1 aromatic heterocycles. The first-order chi connectivity index (χ1) is 10.6. The van der Waals surface area contributed by atoms with Gasteiger partial charge in [-0.1, -0.05) is 11.6 Å². The number of anilines is 1. The predicted octanol–water partition coefficient (Wildman–Crippen LogP) is 2.96. The molecule has 2 aromatic rings. The second-order valence-corrected chi connectivity index (χ2v) is 6.65. The van der Waals surface area contributed by atoms with Crippen LogP contribution in [-0.4, -0.2) is 26.2 Å². The second kappa shape index (κ2) is 6.08. The molecule has 4 nitrogen and oxygen atoms in total. The molecule has 22 heavy (non-hydrogen) atoms. The van der Waals surface area contributed by atoms with Crippen molar-refractivity contribution in [2.75, 3.05) is 25.1 Å². The van der Waals surface area contributed by atoms with Crippen LogP contribution in [0.5, 0.6) is 0 Å². The van der Waals surface area contributed by atoms with Crippen molar-refractivity contribution >= 4 is 33.1 Å². The molecular weight excluding hydrogens is 298 g/mol. The average Bonchev–Trinajstić information content (AvgIpc) is 2.55. The maximum atomic E-state index is 12.7. The Morgan fingerprint density at radius 3 is 2.73 bits per heavy atom. The van der Waals surface area contributed by atoms with Gasteiger partial charge in [0.15, 0.2) is 0 Å². The summed E-state index contributed by atoms with van der Waals surface area (Å²) in [4.78, 5) is 26.4. The van der Waals surface area contributed by atoms with Gasteiger partial charge in [0, 0.05) is 28.6 Å². The fourth-order valence-corrected chi connectivity index (χ4v) is 3.90. The van der Waals surface area contributed by atoms with Gasteiger partial charge in [0.05, 0.1) is 18.7 Å². The standard InChI is InChI=1S/C17H19NO3S/c1-11-3-4-15-13(9-11)16(19)14(10-22-15)18-7-5-12(6-8-18)17(20)21-2/h3-4,9-10,12H,5-8H2,1-2H3. The van der Waals surface area contributed by atoms with E-state index in [0.717, 1.165) is 47.3 Å². The largest absolute Gasteiger partial charge is 0.469 e. The Labute approximate surface area is 133 Å². The van der Waals surface area contributed by atoms with Crippen LogP contribution >= 0.6 is 11.3 Å². The van der Waals surface area contributed by atoms with E-state index in [1.807, 2.05) is 30.5 Å². The Hall–Kier alpha value is -1.88. The summed E-state index contributed by atoms with van der Waals surface area (Å²) in [6.45, 7) is 3.44. The lowest BCUT2D eigenvalue weighted by Gasteiger charge is -2.31. The number of methoxy groups -OCH3 is 1. The van der Waals surface area contributed by atoms with Crippen molar-refractivity contribution in [3.63, 3.8) is 0 Å². The molecule has 1 aromatic carbocycles. The van der Waals surface area contributed by atoms with Gasteiger partial charge in [0.25, 0.3) is 0 Å². The minimum absolute atomic E-state index is 0.0391. The van der Waals surface area contributed by atoms with Gasteiger partial charge < -0.3 is 9.64 Å². The number of ether oxygens (including phenoxy) is 1. The Bertz CT molecular complexity index is 760. The summed E-state index contributed by atoms with van der Waals surface area (Å²) in [5.41, 5.74) is 1.94. The SMILES string of the molecule is COC(=O)C1CCN(c2csc3ccc(C)cc3c2=O)CC1. The number of esters is 1. The van der Waals surface area contributed by atoms with Gasteiger partial charge in [-0.2, -0.15) is 0 Å². The van der Waals surface area contributed by atoms with E-state index < -0.39 is 0 Å². The molecule has 0 radical (unpaired) electrons. The fourth-order valence-electron chi connectivity index (χ4n) is 2.98. The molecule has 0 aliphatic carbocycles. The third kappa shape index (κ3) is 2.73. The summed E-state index contributed by atoms with van der Waals surface area (Å²) in [6.07, 6.45) is 1.48. The van der Waals surface area contributed by atoms with Crippen molar-refractivity contribution in [1.29, 1.82) is 0 Å². The maximum absolute atomic E-state index is 12.7. The highest BCUT2D eigenvalue weighted by Crippen LogP contribution is 2.26. The summed E-state index contributed by atoms with van der Waals surface area (Å²) in [5, 5.41) is 2.73. The van der Waals surface area contributed by atoms with Crippen LogP contribution in [0, 0.1) is 12.8 Å². The lowest BCUT2D eigenvalue weighted by molar-refractivity contribution is -0.146. The zero-order valence-corrected chi connectivity index (χ0v) is 13.6. The third-order valence-electron chi connectivity index (χ3n) is 4.28. The van der Waals surface area contributed by atoms with Crippen LogP contribution in [0.15, 0.2) is 28.4 Å². The molecule has 0 amide bonds. The Morgan fingerprint density at radius 1 is 1.32 bits per heavy atom. The van der Waals surface area contributed by atoms with Gasteiger partial charge in [0.2, 0.25) is 5.43 Å². The normalized spacial score (nSPS) is 16.0. The monoisotopic (exact) mass is 317 g/mol. The Kier molecular flexibility index (Phi) is 4.16. The number of hydrogen-bond donors (Lipinski definition) is 0. The number of fused-ring (bicyclic) bond motifs is 1. The summed E-state index contributed by atoms with van der Waals surface area (Å²) >= 11 is 1.60. The summed E-state index contributed by atoms with van der Waals surface area (Å²) in [6, 6.07) is 5.99. The van der Waals surface area contributed by atoms with E-state index in [2.05, 4.69) is 4.90 Å². The maximum Gasteiger partial charge on any atom is 0.308 e. The number of carbonyl (C=O) groups excluding carboxylic acids is 1. The molecule has 0 atom stereocenters. The van der Waals surface area contributed by atoms with Crippen molar-refractivity contribution in [2.45, 2.75) is 19.8 Å². The molecule has 0 bridgehead atoms. The number of hydrogen-bond acceptors (Lipinski definition) is 5. The second-order valence-electron chi connectivity index (χ2n) is 5.73. The topological polar surface area (TPSA) is 46.6 Å². The molecule has 116 valence electrons. The molecule has 1 fully saturated rings.